The number of aromatic nitrogens is 6. The summed E-state index contributed by atoms with van der Waals surface area (Å²) < 4.78 is 2.03. The first-order valence-corrected chi connectivity index (χ1v) is 12.1. The quantitative estimate of drug-likeness (QED) is 0.261. The van der Waals surface area contributed by atoms with Crippen LogP contribution in [0.3, 0.4) is 0 Å². The zero-order valence-corrected chi connectivity index (χ0v) is 22.6. The van der Waals surface area contributed by atoms with Crippen LogP contribution in [-0.2, 0) is 6.54 Å². The van der Waals surface area contributed by atoms with E-state index in [4.69, 9.17) is 4.98 Å². The van der Waals surface area contributed by atoms with Gasteiger partial charge in [-0.2, -0.15) is 5.21 Å². The molecule has 0 aliphatic rings. The molecule has 0 fully saturated rings. The van der Waals surface area contributed by atoms with E-state index in [9.17, 15) is 9.90 Å². The van der Waals surface area contributed by atoms with E-state index in [1.54, 1.807) is 11.8 Å². The fourth-order valence-corrected chi connectivity index (χ4v) is 5.53. The average molecular weight is 501 g/mol. The van der Waals surface area contributed by atoms with Crippen LogP contribution in [0, 0.1) is 6.92 Å². The Balaban J connectivity index is 0.00000171. The summed E-state index contributed by atoms with van der Waals surface area (Å²) in [5.41, 5.74) is 5.49. The van der Waals surface area contributed by atoms with E-state index in [0.717, 1.165) is 43.6 Å². The minimum absolute atomic E-state index is 0. The number of benzene rings is 2. The van der Waals surface area contributed by atoms with Gasteiger partial charge in [-0.1, -0.05) is 67.2 Å². The van der Waals surface area contributed by atoms with Crippen LogP contribution in [0.4, 0.5) is 0 Å². The van der Waals surface area contributed by atoms with E-state index in [1.165, 1.54) is 11.3 Å². The molecule has 0 saturated carbocycles. The molecule has 5 rings (SSSR count). The molecule has 0 unspecified atom stereocenters. The summed E-state index contributed by atoms with van der Waals surface area (Å²) in [4.78, 5) is 17.9. The van der Waals surface area contributed by atoms with Gasteiger partial charge in [0.1, 0.15) is 10.4 Å². The second-order valence-corrected chi connectivity index (χ2v) is 9.84. The van der Waals surface area contributed by atoms with Gasteiger partial charge in [0.25, 0.3) is 0 Å². The van der Waals surface area contributed by atoms with Gasteiger partial charge in [-0.05, 0) is 34.6 Å². The van der Waals surface area contributed by atoms with Gasteiger partial charge in [0.05, 0.1) is 12.1 Å². The molecule has 0 amide bonds. The van der Waals surface area contributed by atoms with Gasteiger partial charge in [0, 0.05) is 10.4 Å². The van der Waals surface area contributed by atoms with Gasteiger partial charge in [-0.15, -0.1) is 21.5 Å². The Morgan fingerprint density at radius 2 is 1.91 bits per heavy atom. The van der Waals surface area contributed by atoms with Crippen LogP contribution < -0.4 is 29.6 Å². The molecule has 0 atom stereocenters. The molecule has 0 aliphatic heterocycles. The molecule has 34 heavy (non-hydrogen) atoms. The Labute approximate surface area is 227 Å². The number of carbonyl (C=O) groups is 1. The van der Waals surface area contributed by atoms with Crippen molar-refractivity contribution in [2.24, 2.45) is 0 Å². The fourth-order valence-electron chi connectivity index (χ4n) is 3.87. The Morgan fingerprint density at radius 3 is 2.56 bits per heavy atom. The molecular formula is C23H21N6NaO2S2. The Kier molecular flexibility index (Phi) is 7.54. The predicted octanol–water partition coefficient (Wildman–Crippen LogP) is 2.23. The minimum Gasteiger partial charge on any atom is -1.00 e. The monoisotopic (exact) mass is 500 g/mol. The van der Waals surface area contributed by atoms with Crippen molar-refractivity contribution in [3.8, 4) is 22.5 Å². The molecule has 0 bridgehead atoms. The molecule has 2 aromatic carbocycles. The number of thiophene rings is 1. The third-order valence-electron chi connectivity index (χ3n) is 5.32. The SMILES string of the molecule is CCSc1nc2c(C)sc(C(=O)O)c2n1Cc1ccc(-c2ccccc2-c2nn[nH]n2)cc1.[H-].[Na+]. The van der Waals surface area contributed by atoms with Crippen LogP contribution >= 0.6 is 23.1 Å². The van der Waals surface area contributed by atoms with Crippen LogP contribution in [0.2, 0.25) is 0 Å². The van der Waals surface area contributed by atoms with Gasteiger partial charge in [-0.25, -0.2) is 9.78 Å². The first-order chi connectivity index (χ1) is 16.1. The molecule has 3 aromatic heterocycles. The molecule has 0 radical (unpaired) electrons. The maximum Gasteiger partial charge on any atom is 1.00 e. The molecule has 5 aromatic rings. The van der Waals surface area contributed by atoms with Crippen molar-refractivity contribution >= 4 is 40.1 Å². The summed E-state index contributed by atoms with van der Waals surface area (Å²) in [6.07, 6.45) is 0. The molecule has 8 nitrogen and oxygen atoms in total. The Morgan fingerprint density at radius 1 is 1.18 bits per heavy atom. The largest absolute Gasteiger partial charge is 1.00 e. The number of H-pyrrole nitrogens is 1. The number of thioether (sulfide) groups is 1. The summed E-state index contributed by atoms with van der Waals surface area (Å²) in [5.74, 6) is 0.488. The number of fused-ring (bicyclic) bond motifs is 1. The van der Waals surface area contributed by atoms with Crippen molar-refractivity contribution in [2.75, 3.05) is 5.75 Å². The molecule has 168 valence electrons. The van der Waals surface area contributed by atoms with E-state index >= 15 is 0 Å². The number of aromatic carboxylic acids is 1. The molecule has 2 N–H and O–H groups in total. The summed E-state index contributed by atoms with van der Waals surface area (Å²) in [6.45, 7) is 4.53. The van der Waals surface area contributed by atoms with Crippen molar-refractivity contribution in [1.82, 2.24) is 30.2 Å². The van der Waals surface area contributed by atoms with Gasteiger partial charge in [-0.3, -0.25) is 0 Å². The number of hydrogen-bond acceptors (Lipinski definition) is 7. The first-order valence-electron chi connectivity index (χ1n) is 10.3. The van der Waals surface area contributed by atoms with Crippen molar-refractivity contribution < 1.29 is 40.9 Å². The van der Waals surface area contributed by atoms with Crippen molar-refractivity contribution in [1.29, 1.82) is 0 Å². The van der Waals surface area contributed by atoms with Crippen LogP contribution in [0.15, 0.2) is 53.7 Å². The number of aromatic amines is 1. The van der Waals surface area contributed by atoms with Crippen LogP contribution in [-0.4, -0.2) is 47.0 Å². The molecule has 11 heteroatoms. The number of hydrogen-bond donors (Lipinski definition) is 2. The number of imidazole rings is 1. The molecular weight excluding hydrogens is 479 g/mol. The first kappa shape index (κ1) is 24.6. The third-order valence-corrected chi connectivity index (χ3v) is 7.25. The molecule has 0 aliphatic carbocycles. The second-order valence-electron chi connectivity index (χ2n) is 7.38. The number of nitrogens with zero attached hydrogens (tertiary/aromatic N) is 5. The zero-order valence-electron chi connectivity index (χ0n) is 19.9. The topological polar surface area (TPSA) is 110 Å². The Bertz CT molecular complexity index is 1450. The standard InChI is InChI=1S/C23H20N6O2S2.Na.H/c1-3-32-23-24-18-13(2)33-20(22(30)31)19(18)29(23)12-14-8-10-15(11-9-14)16-6-4-5-7-17(16)21-25-27-28-26-21;;/h4-11H,3,12H2,1-2H3,(H,30,31)(H,25,26,27,28);;/q;+1;-1. The molecule has 0 saturated heterocycles. The van der Waals surface area contributed by atoms with E-state index in [-0.39, 0.29) is 31.0 Å². The Hall–Kier alpha value is -2.50. The van der Waals surface area contributed by atoms with Crippen molar-refractivity contribution in [2.45, 2.75) is 25.5 Å². The van der Waals surface area contributed by atoms with Gasteiger partial charge >= 0.3 is 35.5 Å². The van der Waals surface area contributed by atoms with Crippen LogP contribution in [0.25, 0.3) is 33.5 Å². The third kappa shape index (κ3) is 4.56. The second kappa shape index (κ2) is 10.4. The summed E-state index contributed by atoms with van der Waals surface area (Å²) in [5, 5.41) is 25.0. The van der Waals surface area contributed by atoms with E-state index in [1.807, 2.05) is 35.8 Å². The fraction of sp³-hybridized carbons (Fsp3) is 0.174. The zero-order chi connectivity index (χ0) is 22.9. The minimum atomic E-state index is -0.916. The smallest absolute Gasteiger partial charge is 1.00 e. The predicted molar refractivity (Wildman–Crippen MR) is 131 cm³/mol. The summed E-state index contributed by atoms with van der Waals surface area (Å²) in [7, 11) is 0. The van der Waals surface area contributed by atoms with Crippen LogP contribution in [0.5, 0.6) is 0 Å². The van der Waals surface area contributed by atoms with Gasteiger partial charge in [0.15, 0.2) is 5.16 Å². The van der Waals surface area contributed by atoms with Crippen molar-refractivity contribution in [3.05, 3.63) is 63.8 Å². The molecule has 3 heterocycles. The van der Waals surface area contributed by atoms with Crippen molar-refractivity contribution in [3.63, 3.8) is 0 Å². The number of carboxylic acid groups (broad SMARTS) is 1. The average Bonchev–Trinajstić information content (AvgIpc) is 3.54. The summed E-state index contributed by atoms with van der Waals surface area (Å²) >= 11 is 2.90. The maximum absolute atomic E-state index is 11.9. The van der Waals surface area contributed by atoms with Gasteiger partial charge < -0.3 is 11.1 Å². The van der Waals surface area contributed by atoms with Gasteiger partial charge in [0.2, 0.25) is 5.82 Å². The number of tetrazole rings is 1. The van der Waals surface area contributed by atoms with E-state index in [2.05, 4.69) is 51.8 Å². The number of rotatable bonds is 7. The molecule has 0 spiro atoms. The maximum atomic E-state index is 11.9. The number of aryl methyl sites for hydroxylation is 1. The number of nitrogens with one attached hydrogen (secondary N) is 1. The van der Waals surface area contributed by atoms with E-state index < -0.39 is 5.97 Å². The number of carboxylic acids is 1. The summed E-state index contributed by atoms with van der Waals surface area (Å²) in [6, 6.07) is 16.2. The van der Waals surface area contributed by atoms with Crippen LogP contribution in [0.1, 0.15) is 28.5 Å². The van der Waals surface area contributed by atoms with E-state index in [0.29, 0.717) is 22.8 Å². The normalized spacial score (nSPS) is 11.0.